The van der Waals surface area contributed by atoms with Gasteiger partial charge in [-0.25, -0.2) is 0 Å². The molecule has 1 unspecified atom stereocenters. The number of nitrogens with one attached hydrogen (secondary N) is 1. The van der Waals surface area contributed by atoms with Crippen LogP contribution in [-0.4, -0.2) is 23.7 Å². The number of aliphatic hydroxyl groups excluding tert-OH is 1. The van der Waals surface area contributed by atoms with Gasteiger partial charge >= 0.3 is 0 Å². The van der Waals surface area contributed by atoms with Gasteiger partial charge in [0.1, 0.15) is 5.58 Å². The third-order valence-electron chi connectivity index (χ3n) is 3.85. The number of amides is 1. The van der Waals surface area contributed by atoms with E-state index in [-0.39, 0.29) is 11.8 Å². The van der Waals surface area contributed by atoms with Gasteiger partial charge in [-0.05, 0) is 55.5 Å². The summed E-state index contributed by atoms with van der Waals surface area (Å²) in [4.78, 5) is 12.0. The number of rotatable bonds is 5. The van der Waals surface area contributed by atoms with E-state index in [0.717, 1.165) is 16.5 Å². The van der Waals surface area contributed by atoms with Crippen LogP contribution in [0.3, 0.4) is 0 Å². The first kappa shape index (κ1) is 15.6. The molecule has 0 fully saturated rings. The standard InChI is InChI=1S/C17H23NO3/c1-10(2)14(19)5-6-18-17(20)16-9-13-7-11(3)12(4)8-15(13)21-16/h7-10,14,19H,5-6H2,1-4H3,(H,18,20). The van der Waals surface area contributed by atoms with Crippen molar-refractivity contribution in [2.45, 2.75) is 40.2 Å². The van der Waals surface area contributed by atoms with Gasteiger partial charge in [0.25, 0.3) is 5.91 Å². The summed E-state index contributed by atoms with van der Waals surface area (Å²) in [5.74, 6) is 0.269. The lowest BCUT2D eigenvalue weighted by molar-refractivity contribution is 0.0896. The summed E-state index contributed by atoms with van der Waals surface area (Å²) in [6, 6.07) is 5.73. The molecule has 1 aromatic heterocycles. The lowest BCUT2D eigenvalue weighted by atomic mass is 10.0. The van der Waals surface area contributed by atoms with Gasteiger partial charge < -0.3 is 14.8 Å². The maximum atomic E-state index is 12.0. The Kier molecular flexibility index (Phi) is 4.68. The molecule has 4 nitrogen and oxygen atoms in total. The molecular weight excluding hydrogens is 266 g/mol. The van der Waals surface area contributed by atoms with Crippen molar-refractivity contribution in [3.63, 3.8) is 0 Å². The molecule has 0 aliphatic carbocycles. The van der Waals surface area contributed by atoms with E-state index in [0.29, 0.717) is 18.7 Å². The van der Waals surface area contributed by atoms with Gasteiger partial charge in [-0.2, -0.15) is 0 Å². The summed E-state index contributed by atoms with van der Waals surface area (Å²) in [5, 5.41) is 13.4. The fraction of sp³-hybridized carbons (Fsp3) is 0.471. The zero-order valence-corrected chi connectivity index (χ0v) is 13.1. The predicted molar refractivity (Wildman–Crippen MR) is 83.5 cm³/mol. The topological polar surface area (TPSA) is 62.5 Å². The highest BCUT2D eigenvalue weighted by Gasteiger charge is 2.14. The normalized spacial score (nSPS) is 12.9. The van der Waals surface area contributed by atoms with E-state index in [1.54, 1.807) is 6.07 Å². The van der Waals surface area contributed by atoms with Crippen LogP contribution in [0.15, 0.2) is 22.6 Å². The van der Waals surface area contributed by atoms with Gasteiger partial charge in [-0.3, -0.25) is 4.79 Å². The van der Waals surface area contributed by atoms with Crippen molar-refractivity contribution in [1.82, 2.24) is 5.32 Å². The van der Waals surface area contributed by atoms with Crippen LogP contribution in [0.4, 0.5) is 0 Å². The molecule has 0 spiro atoms. The SMILES string of the molecule is Cc1cc2cc(C(=O)NCCC(O)C(C)C)oc2cc1C. The fourth-order valence-electron chi connectivity index (χ4n) is 2.17. The van der Waals surface area contributed by atoms with Crippen LogP contribution in [0.1, 0.15) is 41.9 Å². The number of aryl methyl sites for hydroxylation is 2. The minimum atomic E-state index is -0.397. The molecule has 0 bridgehead atoms. The molecule has 2 aromatic rings. The Morgan fingerprint density at radius 3 is 2.57 bits per heavy atom. The smallest absolute Gasteiger partial charge is 0.287 e. The number of hydrogen-bond donors (Lipinski definition) is 2. The minimum absolute atomic E-state index is 0.194. The van der Waals surface area contributed by atoms with Gasteiger partial charge in [0.05, 0.1) is 6.10 Å². The van der Waals surface area contributed by atoms with Crippen molar-refractivity contribution in [2.24, 2.45) is 5.92 Å². The second-order valence-electron chi connectivity index (χ2n) is 5.94. The second-order valence-corrected chi connectivity index (χ2v) is 5.94. The Hall–Kier alpha value is -1.81. The van der Waals surface area contributed by atoms with Gasteiger partial charge in [0.15, 0.2) is 5.76 Å². The molecule has 1 amide bonds. The number of carbonyl (C=O) groups is 1. The molecule has 1 aromatic carbocycles. The van der Waals surface area contributed by atoms with Crippen molar-refractivity contribution in [2.75, 3.05) is 6.54 Å². The molecule has 0 saturated heterocycles. The maximum absolute atomic E-state index is 12.0. The van der Waals surface area contributed by atoms with E-state index >= 15 is 0 Å². The number of aliphatic hydroxyl groups is 1. The molecule has 0 aliphatic rings. The lowest BCUT2D eigenvalue weighted by Crippen LogP contribution is -2.28. The third kappa shape index (κ3) is 3.64. The van der Waals surface area contributed by atoms with E-state index < -0.39 is 6.10 Å². The fourth-order valence-corrected chi connectivity index (χ4v) is 2.17. The Balaban J connectivity index is 2.03. The van der Waals surface area contributed by atoms with Crippen LogP contribution >= 0.6 is 0 Å². The molecular formula is C17H23NO3. The highest BCUT2D eigenvalue weighted by atomic mass is 16.3. The number of hydrogen-bond acceptors (Lipinski definition) is 3. The monoisotopic (exact) mass is 289 g/mol. The first-order chi connectivity index (χ1) is 9.88. The number of fused-ring (bicyclic) bond motifs is 1. The summed E-state index contributed by atoms with van der Waals surface area (Å²) in [7, 11) is 0. The molecule has 1 atom stereocenters. The van der Waals surface area contributed by atoms with Crippen molar-refractivity contribution >= 4 is 16.9 Å². The highest BCUT2D eigenvalue weighted by Crippen LogP contribution is 2.23. The van der Waals surface area contributed by atoms with E-state index in [1.807, 2.05) is 39.8 Å². The average Bonchev–Trinajstić information content (AvgIpc) is 2.81. The van der Waals surface area contributed by atoms with Crippen LogP contribution in [-0.2, 0) is 0 Å². The molecule has 0 aliphatic heterocycles. The van der Waals surface area contributed by atoms with Crippen molar-refractivity contribution < 1.29 is 14.3 Å². The maximum Gasteiger partial charge on any atom is 0.287 e. The summed E-state index contributed by atoms with van der Waals surface area (Å²) < 4.78 is 5.60. The lowest BCUT2D eigenvalue weighted by Gasteiger charge is -2.13. The third-order valence-corrected chi connectivity index (χ3v) is 3.85. The van der Waals surface area contributed by atoms with E-state index in [2.05, 4.69) is 5.32 Å². The second kappa shape index (κ2) is 6.31. The van der Waals surface area contributed by atoms with Gasteiger partial charge in [-0.15, -0.1) is 0 Å². The van der Waals surface area contributed by atoms with Crippen LogP contribution in [0.5, 0.6) is 0 Å². The van der Waals surface area contributed by atoms with Crippen molar-refractivity contribution in [3.05, 3.63) is 35.1 Å². The minimum Gasteiger partial charge on any atom is -0.451 e. The molecule has 2 N–H and O–H groups in total. The van der Waals surface area contributed by atoms with Gasteiger partial charge in [-0.1, -0.05) is 13.8 Å². The molecule has 2 rings (SSSR count). The quantitative estimate of drug-likeness (QED) is 0.888. The van der Waals surface area contributed by atoms with Gasteiger partial charge in [0.2, 0.25) is 0 Å². The first-order valence-corrected chi connectivity index (χ1v) is 7.35. The van der Waals surface area contributed by atoms with Gasteiger partial charge in [0, 0.05) is 11.9 Å². The number of furan rings is 1. The van der Waals surface area contributed by atoms with E-state index in [9.17, 15) is 9.90 Å². The Morgan fingerprint density at radius 1 is 1.24 bits per heavy atom. The summed E-state index contributed by atoms with van der Waals surface area (Å²) in [6.07, 6.45) is 0.147. The summed E-state index contributed by atoms with van der Waals surface area (Å²) >= 11 is 0. The van der Waals surface area contributed by atoms with Crippen LogP contribution in [0.2, 0.25) is 0 Å². The number of benzene rings is 1. The Labute approximate surface area is 125 Å². The molecule has 114 valence electrons. The molecule has 21 heavy (non-hydrogen) atoms. The number of carbonyl (C=O) groups excluding carboxylic acids is 1. The molecule has 0 saturated carbocycles. The van der Waals surface area contributed by atoms with Crippen molar-refractivity contribution in [1.29, 1.82) is 0 Å². The Morgan fingerprint density at radius 2 is 1.90 bits per heavy atom. The highest BCUT2D eigenvalue weighted by molar-refractivity contribution is 5.96. The zero-order chi connectivity index (χ0) is 15.6. The van der Waals surface area contributed by atoms with E-state index in [4.69, 9.17) is 4.42 Å². The van der Waals surface area contributed by atoms with Crippen LogP contribution in [0, 0.1) is 19.8 Å². The molecule has 1 heterocycles. The zero-order valence-electron chi connectivity index (χ0n) is 13.1. The van der Waals surface area contributed by atoms with Crippen molar-refractivity contribution in [3.8, 4) is 0 Å². The average molecular weight is 289 g/mol. The molecule has 0 radical (unpaired) electrons. The van der Waals surface area contributed by atoms with Crippen LogP contribution in [0.25, 0.3) is 11.0 Å². The molecule has 4 heteroatoms. The van der Waals surface area contributed by atoms with Crippen LogP contribution < -0.4 is 5.32 Å². The largest absolute Gasteiger partial charge is 0.451 e. The van der Waals surface area contributed by atoms with E-state index in [1.165, 1.54) is 5.56 Å². The summed E-state index contributed by atoms with van der Waals surface area (Å²) in [5.41, 5.74) is 3.05. The Bertz CT molecular complexity index is 604. The first-order valence-electron chi connectivity index (χ1n) is 7.35. The predicted octanol–water partition coefficient (Wildman–Crippen LogP) is 3.19. The summed E-state index contributed by atoms with van der Waals surface area (Å²) in [6.45, 7) is 8.40.